The van der Waals surface area contributed by atoms with Gasteiger partial charge in [0.05, 0.1) is 0 Å². The second kappa shape index (κ2) is 7.64. The fraction of sp³-hybridized carbons (Fsp3) is 0.0400. The van der Waals surface area contributed by atoms with Gasteiger partial charge in [0.1, 0.15) is 16.5 Å². The first-order chi connectivity index (χ1) is 14.3. The number of fused-ring (bicyclic) bond motifs is 2. The maximum absolute atomic E-state index is 13.3. The molecule has 1 aromatic heterocycles. The van der Waals surface area contributed by atoms with Gasteiger partial charge in [-0.3, -0.25) is 0 Å². The Balaban J connectivity index is 1.53. The second-order valence-corrected chi connectivity index (χ2v) is 7.80. The summed E-state index contributed by atoms with van der Waals surface area (Å²) in [6, 6.07) is 29.4. The molecule has 5 rings (SSSR count). The number of nitrogens with zero attached hydrogens (tertiary/aromatic N) is 2. The van der Waals surface area contributed by atoms with Crippen molar-refractivity contribution in [2.45, 2.75) is 10.8 Å². The van der Waals surface area contributed by atoms with Gasteiger partial charge >= 0.3 is 0 Å². The van der Waals surface area contributed by atoms with Crippen molar-refractivity contribution in [2.75, 3.05) is 0 Å². The van der Waals surface area contributed by atoms with E-state index >= 15 is 0 Å². The first-order valence-corrected chi connectivity index (χ1v) is 10.4. The number of benzene rings is 4. The summed E-state index contributed by atoms with van der Waals surface area (Å²) in [4.78, 5) is 0. The van der Waals surface area contributed by atoms with Gasteiger partial charge in [0.15, 0.2) is 0 Å². The van der Waals surface area contributed by atoms with Gasteiger partial charge in [-0.2, -0.15) is 0 Å². The maximum Gasteiger partial charge on any atom is 0.127 e. The molecule has 0 saturated carbocycles. The van der Waals surface area contributed by atoms with Gasteiger partial charge in [0.25, 0.3) is 0 Å². The highest BCUT2D eigenvalue weighted by atomic mass is 32.2. The maximum atomic E-state index is 13.3. The molecule has 0 aliphatic heterocycles. The van der Waals surface area contributed by atoms with Crippen molar-refractivity contribution >= 4 is 33.3 Å². The predicted molar refractivity (Wildman–Crippen MR) is 118 cm³/mol. The molecule has 0 atom stereocenters. The summed E-state index contributed by atoms with van der Waals surface area (Å²) in [7, 11) is 0. The van der Waals surface area contributed by atoms with E-state index in [1.807, 2.05) is 18.2 Å². The number of halogens is 1. The smallest absolute Gasteiger partial charge is 0.127 e. The minimum atomic E-state index is -0.256. The Morgan fingerprint density at radius 2 is 1.34 bits per heavy atom. The van der Waals surface area contributed by atoms with E-state index in [-0.39, 0.29) is 5.82 Å². The normalized spacial score (nSPS) is 11.2. The lowest BCUT2D eigenvalue weighted by molar-refractivity contribution is 0.628. The third-order valence-corrected chi connectivity index (χ3v) is 6.05. The van der Waals surface area contributed by atoms with Crippen molar-refractivity contribution in [3.8, 4) is 11.3 Å². The first-order valence-electron chi connectivity index (χ1n) is 9.40. The summed E-state index contributed by atoms with van der Waals surface area (Å²) in [6.07, 6.45) is 0. The van der Waals surface area contributed by atoms with Crippen LogP contribution in [0.3, 0.4) is 0 Å². The SMILES string of the molecule is Fc1ccc(-c2nnc(SCc3cccc4ccccc34)c3ccccc23)cc1. The third-order valence-electron chi connectivity index (χ3n) is 5.02. The topological polar surface area (TPSA) is 25.8 Å². The van der Waals surface area contributed by atoms with Crippen molar-refractivity contribution in [2.24, 2.45) is 0 Å². The molecular weight excluding hydrogens is 379 g/mol. The zero-order valence-electron chi connectivity index (χ0n) is 15.5. The lowest BCUT2D eigenvalue weighted by Crippen LogP contribution is -1.94. The minimum absolute atomic E-state index is 0.256. The van der Waals surface area contributed by atoms with Crippen LogP contribution in [0.4, 0.5) is 4.39 Å². The Morgan fingerprint density at radius 1 is 0.655 bits per heavy atom. The molecule has 140 valence electrons. The van der Waals surface area contributed by atoms with Crippen LogP contribution in [0.2, 0.25) is 0 Å². The Kier molecular flexibility index (Phi) is 4.70. The Hall–Kier alpha value is -3.24. The van der Waals surface area contributed by atoms with Gasteiger partial charge < -0.3 is 0 Å². The van der Waals surface area contributed by atoms with Gasteiger partial charge in [0.2, 0.25) is 0 Å². The van der Waals surface area contributed by atoms with Crippen molar-refractivity contribution in [3.05, 3.63) is 102 Å². The van der Waals surface area contributed by atoms with Crippen LogP contribution in [-0.4, -0.2) is 10.2 Å². The average Bonchev–Trinajstić information content (AvgIpc) is 2.78. The van der Waals surface area contributed by atoms with Crippen molar-refractivity contribution < 1.29 is 4.39 Å². The summed E-state index contributed by atoms with van der Waals surface area (Å²) in [5.74, 6) is 0.559. The molecule has 5 aromatic rings. The first kappa shape index (κ1) is 17.8. The molecule has 0 aliphatic carbocycles. The van der Waals surface area contributed by atoms with Crippen LogP contribution in [0, 0.1) is 5.82 Å². The van der Waals surface area contributed by atoms with E-state index in [0.717, 1.165) is 32.8 Å². The minimum Gasteiger partial charge on any atom is -0.207 e. The summed E-state index contributed by atoms with van der Waals surface area (Å²) in [6.45, 7) is 0. The quantitative estimate of drug-likeness (QED) is 0.310. The Labute approximate surface area is 172 Å². The molecule has 2 nitrogen and oxygen atoms in total. The molecular formula is C25H17FN2S. The molecule has 4 aromatic carbocycles. The van der Waals surface area contributed by atoms with Crippen molar-refractivity contribution in [1.29, 1.82) is 0 Å². The summed E-state index contributed by atoms with van der Waals surface area (Å²) < 4.78 is 13.3. The van der Waals surface area contributed by atoms with Crippen LogP contribution < -0.4 is 0 Å². The van der Waals surface area contributed by atoms with Crippen LogP contribution in [-0.2, 0) is 5.75 Å². The van der Waals surface area contributed by atoms with Gasteiger partial charge in [-0.15, -0.1) is 10.2 Å². The number of hydrogen-bond acceptors (Lipinski definition) is 3. The lowest BCUT2D eigenvalue weighted by Gasteiger charge is -2.10. The molecule has 0 unspecified atom stereocenters. The van der Waals surface area contributed by atoms with Gasteiger partial charge in [-0.05, 0) is 40.6 Å². The van der Waals surface area contributed by atoms with Crippen molar-refractivity contribution in [3.63, 3.8) is 0 Å². The predicted octanol–water partition coefficient (Wildman–Crippen LogP) is 6.88. The molecule has 0 aliphatic rings. The largest absolute Gasteiger partial charge is 0.207 e. The Bertz CT molecular complexity index is 1310. The molecule has 0 fully saturated rings. The highest BCUT2D eigenvalue weighted by molar-refractivity contribution is 7.98. The Morgan fingerprint density at radius 3 is 2.17 bits per heavy atom. The third kappa shape index (κ3) is 3.47. The molecule has 0 spiro atoms. The second-order valence-electron chi connectivity index (χ2n) is 6.83. The number of rotatable bonds is 4. The van der Waals surface area contributed by atoms with Crippen molar-refractivity contribution in [1.82, 2.24) is 10.2 Å². The monoisotopic (exact) mass is 396 g/mol. The van der Waals surface area contributed by atoms with Gasteiger partial charge in [-0.1, -0.05) is 78.5 Å². The molecule has 0 bridgehead atoms. The van der Waals surface area contributed by atoms with E-state index in [1.54, 1.807) is 23.9 Å². The fourth-order valence-electron chi connectivity index (χ4n) is 3.57. The number of hydrogen-bond donors (Lipinski definition) is 0. The summed E-state index contributed by atoms with van der Waals surface area (Å²) in [5.41, 5.74) is 2.91. The van der Waals surface area contributed by atoms with E-state index in [2.05, 4.69) is 58.7 Å². The highest BCUT2D eigenvalue weighted by Gasteiger charge is 2.12. The van der Waals surface area contributed by atoms with E-state index in [4.69, 9.17) is 0 Å². The summed E-state index contributed by atoms with van der Waals surface area (Å²) in [5, 5.41) is 14.5. The number of aromatic nitrogens is 2. The average molecular weight is 396 g/mol. The van der Waals surface area contributed by atoms with E-state index in [1.165, 1.54) is 28.5 Å². The molecule has 4 heteroatoms. The van der Waals surface area contributed by atoms with E-state index in [0.29, 0.717) is 0 Å². The standard InChI is InChI=1S/C25H17FN2S/c26-20-14-12-18(13-15-20)24-22-10-3-4-11-23(22)25(28-27-24)29-16-19-8-5-7-17-6-1-2-9-21(17)19/h1-15H,16H2. The summed E-state index contributed by atoms with van der Waals surface area (Å²) >= 11 is 1.69. The molecule has 0 amide bonds. The fourth-order valence-corrected chi connectivity index (χ4v) is 4.55. The molecule has 0 saturated heterocycles. The zero-order valence-corrected chi connectivity index (χ0v) is 16.4. The molecule has 1 heterocycles. The molecule has 0 radical (unpaired) electrons. The van der Waals surface area contributed by atoms with Crippen LogP contribution in [0.25, 0.3) is 32.8 Å². The van der Waals surface area contributed by atoms with Crippen LogP contribution in [0.15, 0.2) is 96.0 Å². The van der Waals surface area contributed by atoms with Gasteiger partial charge in [-0.25, -0.2) is 4.39 Å². The molecule has 0 N–H and O–H groups in total. The lowest BCUT2D eigenvalue weighted by atomic mass is 10.1. The van der Waals surface area contributed by atoms with Crippen LogP contribution >= 0.6 is 11.8 Å². The van der Waals surface area contributed by atoms with Crippen LogP contribution in [0.1, 0.15) is 5.56 Å². The number of thioether (sulfide) groups is 1. The van der Waals surface area contributed by atoms with Gasteiger partial charge in [0, 0.05) is 22.1 Å². The molecule has 29 heavy (non-hydrogen) atoms. The zero-order chi connectivity index (χ0) is 19.6. The highest BCUT2D eigenvalue weighted by Crippen LogP contribution is 2.34. The van der Waals surface area contributed by atoms with Crippen LogP contribution in [0.5, 0.6) is 0 Å². The van der Waals surface area contributed by atoms with E-state index in [9.17, 15) is 4.39 Å². The van der Waals surface area contributed by atoms with E-state index < -0.39 is 0 Å².